The molecule has 1 heterocycles. The Kier molecular flexibility index (Phi) is 6.59. The molecule has 3 N–H and O–H groups in total. The molecule has 1 aromatic heterocycles. The summed E-state index contributed by atoms with van der Waals surface area (Å²) in [6.07, 6.45) is 0. The van der Waals surface area contributed by atoms with Gasteiger partial charge in [-0.15, -0.1) is 0 Å². The largest absolute Gasteiger partial charge is 0.497 e. The average molecular weight is 494 g/mol. The third kappa shape index (κ3) is 5.03. The molecular weight excluding hydrogens is 470 g/mol. The summed E-state index contributed by atoms with van der Waals surface area (Å²) in [7, 11) is 0.694. The molecule has 0 aliphatic rings. The number of fused-ring (bicyclic) bond motifs is 1. The molecule has 0 saturated carbocycles. The number of amides is 1. The number of anilines is 1. The number of rotatable bonds is 7. The molecule has 180 valence electrons. The van der Waals surface area contributed by atoms with E-state index in [-0.39, 0.29) is 10.6 Å². The molecule has 9 nitrogen and oxygen atoms in total. The van der Waals surface area contributed by atoms with E-state index < -0.39 is 15.9 Å². The molecule has 0 bridgehead atoms. The van der Waals surface area contributed by atoms with Crippen LogP contribution in [0.15, 0.2) is 71.6 Å². The van der Waals surface area contributed by atoms with Crippen molar-refractivity contribution in [1.82, 2.24) is 4.98 Å². The molecule has 3 aromatic carbocycles. The summed E-state index contributed by atoms with van der Waals surface area (Å²) in [6.45, 7) is 0. The number of aromatic nitrogens is 1. The van der Waals surface area contributed by atoms with Crippen molar-refractivity contribution in [1.29, 1.82) is 0 Å². The van der Waals surface area contributed by atoms with Crippen LogP contribution in [-0.2, 0) is 10.0 Å². The molecule has 0 aliphatic carbocycles. The topological polar surface area (TPSA) is 130 Å². The van der Waals surface area contributed by atoms with Crippen LogP contribution in [0.25, 0.3) is 22.2 Å². The van der Waals surface area contributed by atoms with Crippen LogP contribution in [-0.4, -0.2) is 40.6 Å². The van der Waals surface area contributed by atoms with E-state index >= 15 is 0 Å². The lowest BCUT2D eigenvalue weighted by Crippen LogP contribution is -2.15. The van der Waals surface area contributed by atoms with E-state index in [0.29, 0.717) is 45.0 Å². The second kappa shape index (κ2) is 9.61. The van der Waals surface area contributed by atoms with Crippen molar-refractivity contribution in [2.24, 2.45) is 5.14 Å². The zero-order valence-corrected chi connectivity index (χ0v) is 20.0. The number of primary sulfonamides is 1. The summed E-state index contributed by atoms with van der Waals surface area (Å²) in [5.41, 5.74) is 2.42. The summed E-state index contributed by atoms with van der Waals surface area (Å²) in [4.78, 5) is 18.0. The SMILES string of the molecule is COc1ccc2nc(-c3ccc(OC)c(OC)c3)cc(C(=O)Nc3cccc(S(N)(=O)=O)c3)c2c1. The van der Waals surface area contributed by atoms with Crippen molar-refractivity contribution in [3.8, 4) is 28.5 Å². The van der Waals surface area contributed by atoms with E-state index in [2.05, 4.69) is 5.32 Å². The van der Waals surface area contributed by atoms with E-state index in [1.165, 1.54) is 32.4 Å². The highest BCUT2D eigenvalue weighted by atomic mass is 32.2. The number of methoxy groups -OCH3 is 3. The number of hydrogen-bond donors (Lipinski definition) is 2. The Morgan fingerprint density at radius 2 is 1.66 bits per heavy atom. The van der Waals surface area contributed by atoms with Gasteiger partial charge in [-0.05, 0) is 60.7 Å². The number of carbonyl (C=O) groups is 1. The van der Waals surface area contributed by atoms with E-state index in [0.717, 1.165) is 0 Å². The van der Waals surface area contributed by atoms with Crippen molar-refractivity contribution in [3.63, 3.8) is 0 Å². The van der Waals surface area contributed by atoms with E-state index in [1.54, 1.807) is 49.6 Å². The Bertz CT molecular complexity index is 1540. The molecule has 0 fully saturated rings. The molecule has 4 rings (SSSR count). The number of hydrogen-bond acceptors (Lipinski definition) is 7. The zero-order chi connectivity index (χ0) is 25.2. The maximum Gasteiger partial charge on any atom is 0.256 e. The Labute approximate surface area is 202 Å². The number of nitrogens with two attached hydrogens (primary N) is 1. The van der Waals surface area contributed by atoms with E-state index in [4.69, 9.17) is 24.3 Å². The number of nitrogens with zero attached hydrogens (tertiary/aromatic N) is 1. The molecule has 35 heavy (non-hydrogen) atoms. The lowest BCUT2D eigenvalue weighted by Gasteiger charge is -2.13. The lowest BCUT2D eigenvalue weighted by molar-refractivity contribution is 0.102. The third-order valence-corrected chi connectivity index (χ3v) is 6.27. The van der Waals surface area contributed by atoms with Gasteiger partial charge in [-0.1, -0.05) is 6.07 Å². The molecule has 4 aromatic rings. The fourth-order valence-corrected chi connectivity index (χ4v) is 4.17. The molecule has 0 spiro atoms. The van der Waals surface area contributed by atoms with Gasteiger partial charge in [0, 0.05) is 16.6 Å². The summed E-state index contributed by atoms with van der Waals surface area (Å²) < 4.78 is 39.5. The molecule has 0 atom stereocenters. The molecule has 10 heteroatoms. The monoisotopic (exact) mass is 493 g/mol. The van der Waals surface area contributed by atoms with Gasteiger partial charge in [0.25, 0.3) is 5.91 Å². The number of pyridine rings is 1. The Hall–Kier alpha value is -4.15. The number of nitrogens with one attached hydrogen (secondary N) is 1. The summed E-state index contributed by atoms with van der Waals surface area (Å²) in [5, 5.41) is 8.53. The minimum Gasteiger partial charge on any atom is -0.497 e. The average Bonchev–Trinajstić information content (AvgIpc) is 2.86. The second-order valence-electron chi connectivity index (χ2n) is 7.53. The summed E-state index contributed by atoms with van der Waals surface area (Å²) in [6, 6.07) is 18.0. The highest BCUT2D eigenvalue weighted by Gasteiger charge is 2.17. The van der Waals surface area contributed by atoms with Gasteiger partial charge >= 0.3 is 0 Å². The smallest absolute Gasteiger partial charge is 0.256 e. The van der Waals surface area contributed by atoms with Gasteiger partial charge in [0.15, 0.2) is 11.5 Å². The fourth-order valence-electron chi connectivity index (χ4n) is 3.61. The van der Waals surface area contributed by atoms with Crippen LogP contribution in [0.2, 0.25) is 0 Å². The quantitative estimate of drug-likeness (QED) is 0.400. The molecule has 0 radical (unpaired) electrons. The first-order chi connectivity index (χ1) is 16.7. The van der Waals surface area contributed by atoms with Crippen molar-refractivity contribution in [2.45, 2.75) is 4.90 Å². The maximum atomic E-state index is 13.4. The maximum absolute atomic E-state index is 13.4. The summed E-state index contributed by atoms with van der Waals surface area (Å²) in [5.74, 6) is 1.18. The van der Waals surface area contributed by atoms with Gasteiger partial charge in [0.1, 0.15) is 5.75 Å². The van der Waals surface area contributed by atoms with Crippen LogP contribution in [0.3, 0.4) is 0 Å². The fraction of sp³-hybridized carbons (Fsp3) is 0.120. The van der Waals surface area contributed by atoms with Gasteiger partial charge in [0.05, 0.1) is 43.0 Å². The number of benzene rings is 3. The van der Waals surface area contributed by atoms with Crippen LogP contribution < -0.4 is 24.7 Å². The molecule has 0 aliphatic heterocycles. The first-order valence-electron chi connectivity index (χ1n) is 10.4. The minimum absolute atomic E-state index is 0.109. The first-order valence-corrected chi connectivity index (χ1v) is 11.9. The minimum atomic E-state index is -3.92. The van der Waals surface area contributed by atoms with Crippen LogP contribution in [0.4, 0.5) is 5.69 Å². The molecule has 1 amide bonds. The van der Waals surface area contributed by atoms with Crippen LogP contribution in [0.1, 0.15) is 10.4 Å². The normalized spacial score (nSPS) is 11.2. The van der Waals surface area contributed by atoms with Gasteiger partial charge in [-0.25, -0.2) is 18.5 Å². The lowest BCUT2D eigenvalue weighted by atomic mass is 10.0. The third-order valence-electron chi connectivity index (χ3n) is 5.36. The predicted molar refractivity (Wildman–Crippen MR) is 133 cm³/mol. The number of sulfonamides is 1. The highest BCUT2D eigenvalue weighted by molar-refractivity contribution is 7.89. The van der Waals surface area contributed by atoms with Gasteiger partial charge in [-0.2, -0.15) is 0 Å². The van der Waals surface area contributed by atoms with Crippen LogP contribution in [0.5, 0.6) is 17.2 Å². The number of ether oxygens (including phenoxy) is 3. The zero-order valence-electron chi connectivity index (χ0n) is 19.2. The Morgan fingerprint density at radius 1 is 0.886 bits per heavy atom. The number of carbonyl (C=O) groups excluding carboxylic acids is 1. The molecular formula is C25H23N3O6S. The van der Waals surface area contributed by atoms with Gasteiger partial charge < -0.3 is 19.5 Å². The van der Waals surface area contributed by atoms with Crippen molar-refractivity contribution in [3.05, 3.63) is 72.3 Å². The van der Waals surface area contributed by atoms with E-state index in [1.807, 2.05) is 6.07 Å². The van der Waals surface area contributed by atoms with Crippen LogP contribution >= 0.6 is 0 Å². The van der Waals surface area contributed by atoms with Gasteiger partial charge in [-0.3, -0.25) is 4.79 Å². The summed E-state index contributed by atoms with van der Waals surface area (Å²) >= 11 is 0. The standard InChI is InChI=1S/C25H23N3O6S/c1-32-17-8-9-21-19(13-17)20(25(29)27-16-5-4-6-18(12-16)35(26,30)31)14-22(28-21)15-7-10-23(33-2)24(11-15)34-3/h4-14H,1-3H3,(H,27,29)(H2,26,30,31). The Morgan fingerprint density at radius 3 is 2.34 bits per heavy atom. The van der Waals surface area contributed by atoms with E-state index in [9.17, 15) is 13.2 Å². The second-order valence-corrected chi connectivity index (χ2v) is 9.10. The Balaban J connectivity index is 1.83. The predicted octanol–water partition coefficient (Wildman–Crippen LogP) is 3.83. The van der Waals surface area contributed by atoms with Crippen molar-refractivity contribution in [2.75, 3.05) is 26.6 Å². The van der Waals surface area contributed by atoms with Crippen LogP contribution in [0, 0.1) is 0 Å². The first kappa shape index (κ1) is 24.0. The van der Waals surface area contributed by atoms with Crippen molar-refractivity contribution >= 4 is 32.5 Å². The van der Waals surface area contributed by atoms with Gasteiger partial charge in [0.2, 0.25) is 10.0 Å². The van der Waals surface area contributed by atoms with Crippen molar-refractivity contribution < 1.29 is 27.4 Å². The molecule has 0 saturated heterocycles. The molecule has 0 unspecified atom stereocenters. The highest BCUT2D eigenvalue weighted by Crippen LogP contribution is 2.34.